The molecule has 3 nitrogen and oxygen atoms in total. The van der Waals surface area contributed by atoms with Gasteiger partial charge in [0.25, 0.3) is 0 Å². The minimum atomic E-state index is 0.236. The van der Waals surface area contributed by atoms with Crippen molar-refractivity contribution in [1.29, 1.82) is 0 Å². The molecular weight excluding hydrogens is 281 g/mol. The van der Waals surface area contributed by atoms with E-state index >= 15 is 0 Å². The highest BCUT2D eigenvalue weighted by atomic mass is 35.5. The van der Waals surface area contributed by atoms with Crippen LogP contribution in [0.4, 0.5) is 0 Å². The Morgan fingerprint density at radius 3 is 2.84 bits per heavy atom. The fraction of sp³-hybridized carbons (Fsp3) is 0.357. The highest BCUT2D eigenvalue weighted by Crippen LogP contribution is 2.27. The zero-order valence-corrected chi connectivity index (χ0v) is 12.3. The van der Waals surface area contributed by atoms with Gasteiger partial charge in [-0.3, -0.25) is 4.68 Å². The van der Waals surface area contributed by atoms with Gasteiger partial charge in [-0.2, -0.15) is 5.10 Å². The lowest BCUT2D eigenvalue weighted by atomic mass is 10.0. The number of nitrogens with zero attached hydrogens (tertiary/aromatic N) is 2. The first-order valence-electron chi connectivity index (χ1n) is 6.36. The Bertz CT molecular complexity index is 511. The largest absolute Gasteiger partial charge is 0.308 e. The van der Waals surface area contributed by atoms with Crippen LogP contribution in [-0.4, -0.2) is 16.3 Å². The summed E-state index contributed by atoms with van der Waals surface area (Å²) in [6.45, 7) is 3.82. The second-order valence-electron chi connectivity index (χ2n) is 4.35. The van der Waals surface area contributed by atoms with Crippen LogP contribution in [0.5, 0.6) is 0 Å². The molecule has 102 valence electrons. The van der Waals surface area contributed by atoms with E-state index in [-0.39, 0.29) is 6.04 Å². The third-order valence-electron chi connectivity index (χ3n) is 3.04. The van der Waals surface area contributed by atoms with E-state index in [0.717, 1.165) is 25.1 Å². The molecule has 0 spiro atoms. The first kappa shape index (κ1) is 14.4. The predicted molar refractivity (Wildman–Crippen MR) is 79.7 cm³/mol. The van der Waals surface area contributed by atoms with E-state index in [2.05, 4.69) is 17.3 Å². The van der Waals surface area contributed by atoms with E-state index in [0.29, 0.717) is 10.0 Å². The number of hydrogen-bond donors (Lipinski definition) is 1. The zero-order chi connectivity index (χ0) is 13.7. The lowest BCUT2D eigenvalue weighted by Crippen LogP contribution is -2.25. The number of benzene rings is 1. The normalized spacial score (nSPS) is 12.6. The van der Waals surface area contributed by atoms with Gasteiger partial charge in [0.2, 0.25) is 0 Å². The van der Waals surface area contributed by atoms with Crippen molar-refractivity contribution in [2.24, 2.45) is 0 Å². The summed E-state index contributed by atoms with van der Waals surface area (Å²) in [5.41, 5.74) is 1.09. The number of nitrogens with one attached hydrogen (secondary N) is 1. The zero-order valence-electron chi connectivity index (χ0n) is 10.8. The summed E-state index contributed by atoms with van der Waals surface area (Å²) in [6.07, 6.45) is 4.71. The lowest BCUT2D eigenvalue weighted by molar-refractivity contribution is 0.477. The molecule has 5 heteroatoms. The maximum Gasteiger partial charge on any atom is 0.0534 e. The van der Waals surface area contributed by atoms with Crippen molar-refractivity contribution in [2.75, 3.05) is 6.54 Å². The van der Waals surface area contributed by atoms with E-state index in [1.165, 1.54) is 0 Å². The summed E-state index contributed by atoms with van der Waals surface area (Å²) in [6, 6.07) is 7.81. The molecule has 0 aliphatic rings. The molecule has 0 saturated heterocycles. The third kappa shape index (κ3) is 3.96. The molecule has 0 radical (unpaired) electrons. The van der Waals surface area contributed by atoms with Crippen LogP contribution in [0.15, 0.2) is 36.7 Å². The summed E-state index contributed by atoms with van der Waals surface area (Å²) >= 11 is 12.2. The Morgan fingerprint density at radius 2 is 2.21 bits per heavy atom. The summed E-state index contributed by atoms with van der Waals surface area (Å²) in [7, 11) is 0. The molecule has 0 amide bonds. The predicted octanol–water partition coefficient (Wildman–Crippen LogP) is 3.93. The fourth-order valence-electron chi connectivity index (χ4n) is 2.04. The van der Waals surface area contributed by atoms with Crippen LogP contribution in [-0.2, 0) is 6.54 Å². The van der Waals surface area contributed by atoms with Crippen LogP contribution in [0.2, 0.25) is 10.0 Å². The number of rotatable bonds is 6. The van der Waals surface area contributed by atoms with Crippen molar-refractivity contribution >= 4 is 23.2 Å². The minimum Gasteiger partial charge on any atom is -0.308 e. The summed E-state index contributed by atoms with van der Waals surface area (Å²) in [5, 5.41) is 9.05. The van der Waals surface area contributed by atoms with Gasteiger partial charge in [0.1, 0.15) is 0 Å². The van der Waals surface area contributed by atoms with Crippen molar-refractivity contribution in [2.45, 2.75) is 25.9 Å². The van der Waals surface area contributed by atoms with Gasteiger partial charge in [0.05, 0.1) is 6.54 Å². The average molecular weight is 298 g/mol. The molecule has 0 saturated carbocycles. The van der Waals surface area contributed by atoms with Crippen LogP contribution in [0.1, 0.15) is 24.9 Å². The van der Waals surface area contributed by atoms with E-state index in [1.807, 2.05) is 29.1 Å². The molecule has 2 rings (SSSR count). The summed E-state index contributed by atoms with van der Waals surface area (Å²) in [5.74, 6) is 0. The topological polar surface area (TPSA) is 29.9 Å². The van der Waals surface area contributed by atoms with Crippen LogP contribution in [0.25, 0.3) is 0 Å². The van der Waals surface area contributed by atoms with Gasteiger partial charge in [0.15, 0.2) is 0 Å². The van der Waals surface area contributed by atoms with Crippen LogP contribution in [0, 0.1) is 0 Å². The Balaban J connectivity index is 1.95. The molecule has 1 N–H and O–H groups in total. The molecule has 1 heterocycles. The highest BCUT2D eigenvalue weighted by molar-refractivity contribution is 6.35. The van der Waals surface area contributed by atoms with Crippen molar-refractivity contribution in [3.63, 3.8) is 0 Å². The Labute approximate surface area is 123 Å². The molecule has 1 atom stereocenters. The van der Waals surface area contributed by atoms with E-state index in [9.17, 15) is 0 Å². The van der Waals surface area contributed by atoms with Gasteiger partial charge < -0.3 is 5.32 Å². The fourth-order valence-corrected chi connectivity index (χ4v) is 2.58. The maximum absolute atomic E-state index is 6.24. The van der Waals surface area contributed by atoms with Gasteiger partial charge >= 0.3 is 0 Å². The number of aromatic nitrogens is 2. The van der Waals surface area contributed by atoms with E-state index < -0.39 is 0 Å². The number of halogens is 2. The van der Waals surface area contributed by atoms with Gasteiger partial charge in [-0.1, -0.05) is 36.2 Å². The molecule has 0 aliphatic heterocycles. The Hall–Kier alpha value is -1.03. The van der Waals surface area contributed by atoms with Crippen LogP contribution < -0.4 is 5.32 Å². The number of hydrogen-bond acceptors (Lipinski definition) is 2. The quantitative estimate of drug-likeness (QED) is 0.875. The molecule has 0 fully saturated rings. The van der Waals surface area contributed by atoms with Crippen LogP contribution in [0.3, 0.4) is 0 Å². The third-order valence-corrected chi connectivity index (χ3v) is 3.60. The van der Waals surface area contributed by atoms with E-state index in [1.54, 1.807) is 12.3 Å². The molecule has 0 aliphatic carbocycles. The maximum atomic E-state index is 6.24. The first-order valence-corrected chi connectivity index (χ1v) is 7.12. The molecule has 19 heavy (non-hydrogen) atoms. The van der Waals surface area contributed by atoms with Gasteiger partial charge in [-0.15, -0.1) is 0 Å². The van der Waals surface area contributed by atoms with Crippen molar-refractivity contribution in [3.05, 3.63) is 52.3 Å². The Kier molecular flexibility index (Phi) is 5.25. The average Bonchev–Trinajstić information content (AvgIpc) is 2.89. The Morgan fingerprint density at radius 1 is 1.37 bits per heavy atom. The van der Waals surface area contributed by atoms with Crippen molar-refractivity contribution in [3.8, 4) is 0 Å². The van der Waals surface area contributed by atoms with Gasteiger partial charge in [0, 0.05) is 35.0 Å². The highest BCUT2D eigenvalue weighted by Gasteiger charge is 2.12. The minimum absolute atomic E-state index is 0.236. The summed E-state index contributed by atoms with van der Waals surface area (Å²) < 4.78 is 1.91. The molecule has 1 unspecified atom stereocenters. The van der Waals surface area contributed by atoms with E-state index in [4.69, 9.17) is 23.2 Å². The molecular formula is C14H17Cl2N3. The van der Waals surface area contributed by atoms with Gasteiger partial charge in [-0.05, 0) is 30.2 Å². The lowest BCUT2D eigenvalue weighted by Gasteiger charge is -2.19. The molecule has 1 aromatic heterocycles. The second-order valence-corrected chi connectivity index (χ2v) is 5.19. The molecule has 0 bridgehead atoms. The summed E-state index contributed by atoms with van der Waals surface area (Å²) in [4.78, 5) is 0. The van der Waals surface area contributed by atoms with Crippen molar-refractivity contribution in [1.82, 2.24) is 15.1 Å². The monoisotopic (exact) mass is 297 g/mol. The van der Waals surface area contributed by atoms with Crippen LogP contribution >= 0.6 is 23.2 Å². The first-order chi connectivity index (χ1) is 9.20. The standard InChI is InChI=1S/C14H17Cl2N3/c1-2-14(12-5-4-11(15)10-13(12)16)17-7-9-19-8-3-6-18-19/h3-6,8,10,14,17H,2,7,9H2,1H3. The molecule has 1 aromatic carbocycles. The molecule has 2 aromatic rings. The smallest absolute Gasteiger partial charge is 0.0534 e. The SMILES string of the molecule is CCC(NCCn1cccn1)c1ccc(Cl)cc1Cl. The second kappa shape index (κ2) is 6.94. The van der Waals surface area contributed by atoms with Crippen molar-refractivity contribution < 1.29 is 0 Å². The van der Waals surface area contributed by atoms with Gasteiger partial charge in [-0.25, -0.2) is 0 Å².